The molecule has 1 fully saturated rings. The van der Waals surface area contributed by atoms with Crippen LogP contribution in [0.25, 0.3) is 0 Å². The van der Waals surface area contributed by atoms with Crippen LogP contribution in [0.4, 0.5) is 5.00 Å². The van der Waals surface area contributed by atoms with Gasteiger partial charge in [0.25, 0.3) is 0 Å². The van der Waals surface area contributed by atoms with Crippen molar-refractivity contribution in [1.29, 1.82) is 0 Å². The first-order chi connectivity index (χ1) is 12.7. The van der Waals surface area contributed by atoms with Crippen molar-refractivity contribution < 1.29 is 14.7 Å². The van der Waals surface area contributed by atoms with Crippen molar-refractivity contribution in [3.8, 4) is 11.8 Å². The highest BCUT2D eigenvalue weighted by atomic mass is 32.1. The van der Waals surface area contributed by atoms with E-state index in [0.29, 0.717) is 22.3 Å². The van der Waals surface area contributed by atoms with Crippen molar-refractivity contribution in [2.24, 2.45) is 11.8 Å². The number of carboxylic acid groups (broad SMARTS) is 1. The molecule has 5 nitrogen and oxygen atoms in total. The number of aromatic carboxylic acids is 1. The zero-order valence-corrected chi connectivity index (χ0v) is 17.7. The van der Waals surface area contributed by atoms with Crippen LogP contribution in [0, 0.1) is 23.7 Å². The van der Waals surface area contributed by atoms with E-state index < -0.39 is 5.97 Å². The quantitative estimate of drug-likeness (QED) is 0.774. The Hall–Kier alpha value is -1.84. The molecule has 1 aromatic rings. The zero-order valence-electron chi connectivity index (χ0n) is 16.9. The second kappa shape index (κ2) is 9.38. The standard InChI is InChI=1S/C21H30N2O3S/c1-14(2)23(19(24)16-10-8-15(3)9-11-16)20-18(21(25)26)13-17(27-20)7-6-12-22(4)5/h13-16H,8-12H2,1-5H3,(H,25,26). The van der Waals surface area contributed by atoms with Crippen LogP contribution in [0.15, 0.2) is 6.07 Å². The Morgan fingerprint density at radius 1 is 1.26 bits per heavy atom. The fraction of sp³-hybridized carbons (Fsp3) is 0.619. The van der Waals surface area contributed by atoms with Gasteiger partial charge in [-0.05, 0) is 65.6 Å². The molecule has 1 aliphatic rings. The molecule has 0 radical (unpaired) electrons. The van der Waals surface area contributed by atoms with E-state index in [0.717, 1.165) is 25.7 Å². The van der Waals surface area contributed by atoms with E-state index in [1.54, 1.807) is 11.0 Å². The average molecular weight is 391 g/mol. The van der Waals surface area contributed by atoms with Crippen LogP contribution in [0.3, 0.4) is 0 Å². The van der Waals surface area contributed by atoms with E-state index in [2.05, 4.69) is 18.8 Å². The van der Waals surface area contributed by atoms with E-state index in [4.69, 9.17) is 0 Å². The fourth-order valence-electron chi connectivity index (χ4n) is 3.35. The van der Waals surface area contributed by atoms with Crippen molar-refractivity contribution >= 4 is 28.2 Å². The predicted octanol–water partition coefficient (Wildman–Crippen LogP) is 3.93. The first-order valence-electron chi connectivity index (χ1n) is 9.54. The normalized spacial score (nSPS) is 19.7. The van der Waals surface area contributed by atoms with Gasteiger partial charge in [0.1, 0.15) is 5.00 Å². The van der Waals surface area contributed by atoms with Gasteiger partial charge in [0, 0.05) is 12.0 Å². The minimum Gasteiger partial charge on any atom is -0.478 e. The number of hydrogen-bond donors (Lipinski definition) is 1. The molecule has 6 heteroatoms. The minimum atomic E-state index is -1.02. The number of carbonyl (C=O) groups excluding carboxylic acids is 1. The summed E-state index contributed by atoms with van der Waals surface area (Å²) in [5.74, 6) is 5.75. The molecule has 2 rings (SSSR count). The first-order valence-corrected chi connectivity index (χ1v) is 10.4. The van der Waals surface area contributed by atoms with Gasteiger partial charge < -0.3 is 10.0 Å². The minimum absolute atomic E-state index is 0.0179. The molecule has 0 bridgehead atoms. The highest BCUT2D eigenvalue weighted by Crippen LogP contribution is 2.37. The molecule has 1 heterocycles. The summed E-state index contributed by atoms with van der Waals surface area (Å²) >= 11 is 1.30. The first kappa shape index (κ1) is 21.5. The maximum atomic E-state index is 13.2. The SMILES string of the molecule is CC1CCC(C(=O)N(c2sc(C#CCN(C)C)cc2C(=O)O)C(C)C)CC1. The molecule has 0 aromatic carbocycles. The van der Waals surface area contributed by atoms with Crippen LogP contribution >= 0.6 is 11.3 Å². The maximum absolute atomic E-state index is 13.2. The number of anilines is 1. The molecule has 0 aliphatic heterocycles. The van der Waals surface area contributed by atoms with Crippen LogP contribution in [0.1, 0.15) is 61.7 Å². The molecular formula is C21H30N2O3S. The molecule has 1 saturated carbocycles. The zero-order chi connectivity index (χ0) is 20.1. The highest BCUT2D eigenvalue weighted by Gasteiger charge is 2.33. The Morgan fingerprint density at radius 2 is 1.89 bits per heavy atom. The van der Waals surface area contributed by atoms with E-state index in [1.807, 2.05) is 32.8 Å². The van der Waals surface area contributed by atoms with Gasteiger partial charge in [-0.3, -0.25) is 9.69 Å². The van der Waals surface area contributed by atoms with Crippen LogP contribution < -0.4 is 4.90 Å². The Bertz CT molecular complexity index is 734. The second-order valence-electron chi connectivity index (χ2n) is 7.93. The smallest absolute Gasteiger partial charge is 0.338 e. The van der Waals surface area contributed by atoms with Gasteiger partial charge >= 0.3 is 5.97 Å². The van der Waals surface area contributed by atoms with Crippen LogP contribution in [-0.4, -0.2) is 48.6 Å². The number of nitrogens with zero attached hydrogens (tertiary/aromatic N) is 2. The van der Waals surface area contributed by atoms with E-state index in [1.165, 1.54) is 11.3 Å². The third-order valence-corrected chi connectivity index (χ3v) is 5.94. The predicted molar refractivity (Wildman–Crippen MR) is 110 cm³/mol. The average Bonchev–Trinajstić information content (AvgIpc) is 2.98. The molecule has 0 spiro atoms. The van der Waals surface area contributed by atoms with Crippen molar-refractivity contribution in [1.82, 2.24) is 4.90 Å². The summed E-state index contributed by atoms with van der Waals surface area (Å²) in [6.07, 6.45) is 3.87. The molecule has 0 atom stereocenters. The lowest BCUT2D eigenvalue weighted by Crippen LogP contribution is -2.42. The molecule has 27 heavy (non-hydrogen) atoms. The summed E-state index contributed by atoms with van der Waals surface area (Å²) in [6, 6.07) is 1.49. The van der Waals surface area contributed by atoms with Gasteiger partial charge in [0.05, 0.1) is 17.0 Å². The van der Waals surface area contributed by atoms with Gasteiger partial charge in [-0.2, -0.15) is 0 Å². The lowest BCUT2D eigenvalue weighted by molar-refractivity contribution is -0.123. The van der Waals surface area contributed by atoms with Crippen molar-refractivity contribution in [2.75, 3.05) is 25.5 Å². The van der Waals surface area contributed by atoms with Crippen LogP contribution in [-0.2, 0) is 4.79 Å². The number of thiophene rings is 1. The molecule has 0 unspecified atom stereocenters. The molecule has 1 aliphatic carbocycles. The summed E-state index contributed by atoms with van der Waals surface area (Å²) in [5.41, 5.74) is 0.167. The van der Waals surface area contributed by atoms with E-state index >= 15 is 0 Å². The Balaban J connectivity index is 2.34. The highest BCUT2D eigenvalue weighted by molar-refractivity contribution is 7.17. The van der Waals surface area contributed by atoms with Gasteiger partial charge in [0.2, 0.25) is 5.91 Å². The summed E-state index contributed by atoms with van der Waals surface area (Å²) in [5, 5.41) is 10.2. The van der Waals surface area contributed by atoms with Crippen molar-refractivity contribution in [3.63, 3.8) is 0 Å². The lowest BCUT2D eigenvalue weighted by atomic mass is 9.82. The Morgan fingerprint density at radius 3 is 2.41 bits per heavy atom. The lowest BCUT2D eigenvalue weighted by Gasteiger charge is -2.33. The van der Waals surface area contributed by atoms with Crippen molar-refractivity contribution in [2.45, 2.75) is 52.5 Å². The summed E-state index contributed by atoms with van der Waals surface area (Å²) in [7, 11) is 3.86. The van der Waals surface area contributed by atoms with E-state index in [9.17, 15) is 14.7 Å². The van der Waals surface area contributed by atoms with Gasteiger partial charge in [-0.1, -0.05) is 18.8 Å². The van der Waals surface area contributed by atoms with Gasteiger partial charge in [-0.15, -0.1) is 11.3 Å². The molecule has 0 saturated heterocycles. The summed E-state index contributed by atoms with van der Waals surface area (Å²) in [6.45, 7) is 6.70. The largest absolute Gasteiger partial charge is 0.478 e. The Labute approximate surface area is 166 Å². The van der Waals surface area contributed by atoms with Crippen molar-refractivity contribution in [3.05, 3.63) is 16.5 Å². The third-order valence-electron chi connectivity index (χ3n) is 4.89. The number of hydrogen-bond acceptors (Lipinski definition) is 4. The molecule has 1 N–H and O–H groups in total. The number of carboxylic acids is 1. The fourth-order valence-corrected chi connectivity index (χ4v) is 4.52. The topological polar surface area (TPSA) is 60.9 Å². The van der Waals surface area contributed by atoms with Crippen LogP contribution in [0.2, 0.25) is 0 Å². The Kier molecular flexibility index (Phi) is 7.46. The monoisotopic (exact) mass is 390 g/mol. The maximum Gasteiger partial charge on any atom is 0.338 e. The molecule has 1 aromatic heterocycles. The molecule has 148 valence electrons. The molecular weight excluding hydrogens is 360 g/mol. The number of carbonyl (C=O) groups is 2. The number of rotatable bonds is 5. The van der Waals surface area contributed by atoms with E-state index in [-0.39, 0.29) is 23.4 Å². The summed E-state index contributed by atoms with van der Waals surface area (Å²) in [4.78, 5) is 29.3. The van der Waals surface area contributed by atoms with Gasteiger partial charge in [-0.25, -0.2) is 4.79 Å². The van der Waals surface area contributed by atoms with Gasteiger partial charge in [0.15, 0.2) is 0 Å². The third kappa shape index (κ3) is 5.57. The molecule has 1 amide bonds. The number of amides is 1. The van der Waals surface area contributed by atoms with Crippen LogP contribution in [0.5, 0.6) is 0 Å². The summed E-state index contributed by atoms with van der Waals surface area (Å²) < 4.78 is 0. The second-order valence-corrected chi connectivity index (χ2v) is 8.96.